The van der Waals surface area contributed by atoms with E-state index >= 15 is 0 Å². The number of benzene rings is 3. The van der Waals surface area contributed by atoms with Gasteiger partial charge in [0.2, 0.25) is 5.91 Å². The third-order valence-electron chi connectivity index (χ3n) is 5.06. The lowest BCUT2D eigenvalue weighted by Gasteiger charge is -2.16. The Kier molecular flexibility index (Phi) is 6.64. The van der Waals surface area contributed by atoms with Crippen molar-refractivity contribution >= 4 is 29.2 Å². The van der Waals surface area contributed by atoms with Crippen LogP contribution in [0.4, 0.5) is 15.8 Å². The molecule has 1 N–H and O–H groups in total. The van der Waals surface area contributed by atoms with Crippen LogP contribution in [0.2, 0.25) is 0 Å². The van der Waals surface area contributed by atoms with Gasteiger partial charge < -0.3 is 19.7 Å². The number of para-hydroxylation sites is 1. The van der Waals surface area contributed by atoms with E-state index in [0.717, 1.165) is 0 Å². The number of ether oxygens (including phenoxy) is 2. The number of hydrogen-bond donors (Lipinski definition) is 1. The molecule has 4 rings (SSSR count). The van der Waals surface area contributed by atoms with Gasteiger partial charge in [0.05, 0.1) is 5.92 Å². The lowest BCUT2D eigenvalue weighted by Crippen LogP contribution is -2.28. The highest BCUT2D eigenvalue weighted by molar-refractivity contribution is 6.00. The number of carbonyl (C=O) groups is 3. The highest BCUT2D eigenvalue weighted by Crippen LogP contribution is 2.26. The van der Waals surface area contributed by atoms with E-state index in [0.29, 0.717) is 22.9 Å². The van der Waals surface area contributed by atoms with Gasteiger partial charge in [0, 0.05) is 24.3 Å². The van der Waals surface area contributed by atoms with E-state index in [4.69, 9.17) is 9.47 Å². The smallest absolute Gasteiger partial charge is 0.311 e. The summed E-state index contributed by atoms with van der Waals surface area (Å²) >= 11 is 0. The number of carbonyl (C=O) groups excluding carboxylic acids is 3. The molecule has 2 amide bonds. The predicted molar refractivity (Wildman–Crippen MR) is 119 cm³/mol. The lowest BCUT2D eigenvalue weighted by atomic mass is 10.1. The van der Waals surface area contributed by atoms with E-state index < -0.39 is 30.2 Å². The van der Waals surface area contributed by atoms with Crippen molar-refractivity contribution in [3.8, 4) is 11.5 Å². The lowest BCUT2D eigenvalue weighted by molar-refractivity contribution is -0.151. The number of hydrogen-bond acceptors (Lipinski definition) is 5. The number of rotatable bonds is 7. The van der Waals surface area contributed by atoms with Crippen LogP contribution in [0.15, 0.2) is 78.9 Å². The summed E-state index contributed by atoms with van der Waals surface area (Å²) in [4.78, 5) is 38.1. The van der Waals surface area contributed by atoms with Crippen molar-refractivity contribution in [3.05, 3.63) is 84.7 Å². The average molecular weight is 448 g/mol. The second-order valence-electron chi connectivity index (χ2n) is 7.48. The van der Waals surface area contributed by atoms with Crippen LogP contribution < -0.4 is 15.0 Å². The van der Waals surface area contributed by atoms with Crippen LogP contribution >= 0.6 is 0 Å². The Morgan fingerprint density at radius 3 is 2.30 bits per heavy atom. The Balaban J connectivity index is 1.24. The number of esters is 1. The summed E-state index contributed by atoms with van der Waals surface area (Å²) in [6.45, 7) is -0.351. The van der Waals surface area contributed by atoms with E-state index in [-0.39, 0.29) is 18.9 Å². The molecule has 0 aliphatic carbocycles. The normalized spacial score (nSPS) is 15.2. The quantitative estimate of drug-likeness (QED) is 0.549. The van der Waals surface area contributed by atoms with Crippen molar-refractivity contribution in [2.75, 3.05) is 23.4 Å². The maximum absolute atomic E-state index is 13.1. The molecule has 168 valence electrons. The summed E-state index contributed by atoms with van der Waals surface area (Å²) < 4.78 is 23.9. The first-order chi connectivity index (χ1) is 16.0. The Bertz CT molecular complexity index is 1130. The summed E-state index contributed by atoms with van der Waals surface area (Å²) in [5, 5.41) is 2.64. The summed E-state index contributed by atoms with van der Waals surface area (Å²) in [7, 11) is 0. The first-order valence-corrected chi connectivity index (χ1v) is 10.3. The van der Waals surface area contributed by atoms with E-state index in [1.165, 1.54) is 29.2 Å². The second-order valence-corrected chi connectivity index (χ2v) is 7.48. The largest absolute Gasteiger partial charge is 0.457 e. The first-order valence-electron chi connectivity index (χ1n) is 10.3. The summed E-state index contributed by atoms with van der Waals surface area (Å²) in [5.74, 6) is -1.18. The average Bonchev–Trinajstić information content (AvgIpc) is 3.21. The molecule has 7 nitrogen and oxygen atoms in total. The van der Waals surface area contributed by atoms with E-state index in [9.17, 15) is 18.8 Å². The molecule has 1 saturated heterocycles. The summed E-state index contributed by atoms with van der Waals surface area (Å²) in [6, 6.07) is 21.5. The molecule has 0 radical (unpaired) electrons. The molecule has 0 bridgehead atoms. The number of nitrogens with one attached hydrogen (secondary N) is 1. The molecular formula is C25H21FN2O5. The minimum atomic E-state index is -0.690. The fourth-order valence-corrected chi connectivity index (χ4v) is 3.42. The van der Waals surface area contributed by atoms with Crippen LogP contribution in [0, 0.1) is 11.7 Å². The highest BCUT2D eigenvalue weighted by Gasteiger charge is 2.36. The highest BCUT2D eigenvalue weighted by atomic mass is 19.1. The topological polar surface area (TPSA) is 84.9 Å². The molecule has 1 atom stereocenters. The van der Waals surface area contributed by atoms with Crippen LogP contribution in [0.25, 0.3) is 0 Å². The monoisotopic (exact) mass is 448 g/mol. The first kappa shape index (κ1) is 22.0. The fourth-order valence-electron chi connectivity index (χ4n) is 3.42. The van der Waals surface area contributed by atoms with E-state index in [1.807, 2.05) is 30.3 Å². The van der Waals surface area contributed by atoms with Gasteiger partial charge in [-0.3, -0.25) is 14.4 Å². The minimum absolute atomic E-state index is 0.0271. The second kappa shape index (κ2) is 9.95. The van der Waals surface area contributed by atoms with Crippen LogP contribution in [0.1, 0.15) is 6.42 Å². The molecule has 3 aromatic carbocycles. The van der Waals surface area contributed by atoms with Crippen LogP contribution in [-0.4, -0.2) is 30.9 Å². The van der Waals surface area contributed by atoms with Crippen molar-refractivity contribution in [3.63, 3.8) is 0 Å². The zero-order chi connectivity index (χ0) is 23.2. The van der Waals surface area contributed by atoms with Gasteiger partial charge in [-0.15, -0.1) is 0 Å². The molecule has 0 unspecified atom stereocenters. The molecule has 1 heterocycles. The Labute approximate surface area is 189 Å². The Morgan fingerprint density at radius 2 is 1.61 bits per heavy atom. The number of amides is 2. The Morgan fingerprint density at radius 1 is 0.939 bits per heavy atom. The number of anilines is 2. The van der Waals surface area contributed by atoms with Gasteiger partial charge >= 0.3 is 5.97 Å². The summed E-state index contributed by atoms with van der Waals surface area (Å²) in [6.07, 6.45) is -0.0271. The maximum Gasteiger partial charge on any atom is 0.311 e. The summed E-state index contributed by atoms with van der Waals surface area (Å²) in [5.41, 5.74) is 1.03. The van der Waals surface area contributed by atoms with Gasteiger partial charge in [0.1, 0.15) is 17.3 Å². The standard InChI is InChI=1S/C25H21FN2O5/c26-18-6-10-20(11-7-18)28-15-17(14-24(28)30)25(31)32-16-23(29)27-19-8-12-22(13-9-19)33-21-4-2-1-3-5-21/h1-13,17H,14-16H2,(H,27,29)/t17-/m1/s1. The van der Waals surface area contributed by atoms with Gasteiger partial charge in [-0.1, -0.05) is 18.2 Å². The maximum atomic E-state index is 13.1. The van der Waals surface area contributed by atoms with Crippen molar-refractivity contribution in [1.82, 2.24) is 0 Å². The third-order valence-corrected chi connectivity index (χ3v) is 5.06. The minimum Gasteiger partial charge on any atom is -0.457 e. The van der Waals surface area contributed by atoms with Crippen molar-refractivity contribution in [2.45, 2.75) is 6.42 Å². The molecule has 0 saturated carbocycles. The van der Waals surface area contributed by atoms with Crippen molar-refractivity contribution in [1.29, 1.82) is 0 Å². The molecular weight excluding hydrogens is 427 g/mol. The molecule has 1 aliphatic heterocycles. The van der Waals surface area contributed by atoms with Crippen LogP contribution in [0.5, 0.6) is 11.5 Å². The van der Waals surface area contributed by atoms with E-state index in [1.54, 1.807) is 24.3 Å². The molecule has 0 aromatic heterocycles. The van der Waals surface area contributed by atoms with Gasteiger partial charge in [0.25, 0.3) is 5.91 Å². The van der Waals surface area contributed by atoms with Crippen LogP contribution in [0.3, 0.4) is 0 Å². The fraction of sp³-hybridized carbons (Fsp3) is 0.160. The number of halogens is 1. The zero-order valence-electron chi connectivity index (χ0n) is 17.6. The van der Waals surface area contributed by atoms with Crippen molar-refractivity contribution in [2.24, 2.45) is 5.92 Å². The van der Waals surface area contributed by atoms with Gasteiger partial charge in [-0.25, -0.2) is 4.39 Å². The molecule has 8 heteroatoms. The zero-order valence-corrected chi connectivity index (χ0v) is 17.6. The van der Waals surface area contributed by atoms with Gasteiger partial charge in [-0.05, 0) is 60.7 Å². The molecule has 1 fully saturated rings. The SMILES string of the molecule is O=C(COC(=O)[C@@H]1CC(=O)N(c2ccc(F)cc2)C1)Nc1ccc(Oc2ccccc2)cc1. The molecule has 1 aliphatic rings. The van der Waals surface area contributed by atoms with Gasteiger partial charge in [0.15, 0.2) is 6.61 Å². The van der Waals surface area contributed by atoms with E-state index in [2.05, 4.69) is 5.32 Å². The van der Waals surface area contributed by atoms with Gasteiger partial charge in [-0.2, -0.15) is 0 Å². The number of nitrogens with zero attached hydrogens (tertiary/aromatic N) is 1. The third kappa shape index (κ3) is 5.74. The molecule has 33 heavy (non-hydrogen) atoms. The van der Waals surface area contributed by atoms with Crippen LogP contribution in [-0.2, 0) is 19.1 Å². The Hall–Kier alpha value is -4.20. The van der Waals surface area contributed by atoms with Crippen molar-refractivity contribution < 1.29 is 28.2 Å². The predicted octanol–water partition coefficient (Wildman–Crippen LogP) is 4.15. The molecule has 0 spiro atoms. The molecule has 3 aromatic rings.